The van der Waals surface area contributed by atoms with E-state index in [1.54, 1.807) is 88.3 Å². The molecule has 250 valence electrons. The summed E-state index contributed by atoms with van der Waals surface area (Å²) in [6, 6.07) is 11.0. The Morgan fingerprint density at radius 3 is 2.17 bits per heavy atom. The minimum Gasteiger partial charge on any atom is -0.444 e. The Labute approximate surface area is 270 Å². The first-order valence-corrected chi connectivity index (χ1v) is 15.1. The number of fused-ring (bicyclic) bond motifs is 1. The van der Waals surface area contributed by atoms with Crippen LogP contribution in [0.2, 0.25) is 0 Å². The number of rotatable bonds is 4. The number of carbonyl (C=O) groups is 2. The van der Waals surface area contributed by atoms with Crippen molar-refractivity contribution >= 4 is 34.9 Å². The Hall–Kier alpha value is -4.88. The van der Waals surface area contributed by atoms with E-state index < -0.39 is 35.1 Å². The summed E-state index contributed by atoms with van der Waals surface area (Å²) in [6.07, 6.45) is -4.28. The number of benzene rings is 1. The third-order valence-corrected chi connectivity index (χ3v) is 7.17. The van der Waals surface area contributed by atoms with Crippen molar-refractivity contribution < 1.29 is 32.2 Å². The highest BCUT2D eigenvalue weighted by Gasteiger charge is 2.37. The molecule has 11 nitrogen and oxygen atoms in total. The normalized spacial score (nSPS) is 14.3. The quantitative estimate of drug-likeness (QED) is 0.246. The van der Waals surface area contributed by atoms with E-state index >= 15 is 0 Å². The molecule has 0 atom stereocenters. The number of carbonyl (C=O) groups excluding carboxylic acids is 2. The van der Waals surface area contributed by atoms with Crippen molar-refractivity contribution in [3.05, 3.63) is 60.0 Å². The van der Waals surface area contributed by atoms with E-state index in [1.165, 1.54) is 17.2 Å². The van der Waals surface area contributed by atoms with Crippen LogP contribution < -0.4 is 10.2 Å². The fraction of sp³-hybridized carbons (Fsp3) is 0.424. The third kappa shape index (κ3) is 7.92. The minimum atomic E-state index is -4.65. The molecule has 1 N–H and O–H groups in total. The summed E-state index contributed by atoms with van der Waals surface area (Å²) in [4.78, 5) is 41.4. The first-order chi connectivity index (χ1) is 21.9. The molecule has 1 fully saturated rings. The maximum absolute atomic E-state index is 14.5. The standard InChI is InChI=1S/C33H38F3N7O4/c1-20-38-25-10-9-24(21-12-13-37-27(18-21)40-29(44)46-31(2,3)4)39-28(25)43(20)22-8-11-26(23(19-22)33(34,35)36)41-14-16-42(17-15-41)30(45)47-32(5,6)7/h8-13,18-19H,14-17H2,1-7H3,(H,37,40,44). The van der Waals surface area contributed by atoms with Gasteiger partial charge in [0.2, 0.25) is 0 Å². The fourth-order valence-electron chi connectivity index (χ4n) is 5.23. The van der Waals surface area contributed by atoms with E-state index in [9.17, 15) is 22.8 Å². The van der Waals surface area contributed by atoms with E-state index in [1.807, 2.05) is 0 Å². The summed E-state index contributed by atoms with van der Waals surface area (Å²) in [6.45, 7) is 13.2. The number of hydrogen-bond acceptors (Lipinski definition) is 8. The van der Waals surface area contributed by atoms with Gasteiger partial charge in [-0.3, -0.25) is 9.88 Å². The number of anilines is 2. The number of imidazole rings is 1. The lowest BCUT2D eigenvalue weighted by atomic mass is 10.1. The van der Waals surface area contributed by atoms with Crippen LogP contribution in [-0.4, -0.2) is 74.0 Å². The topological polar surface area (TPSA) is 115 Å². The highest BCUT2D eigenvalue weighted by molar-refractivity contribution is 5.85. The average molecular weight is 654 g/mol. The second kappa shape index (κ2) is 12.4. The van der Waals surface area contributed by atoms with Crippen molar-refractivity contribution in [1.29, 1.82) is 0 Å². The third-order valence-electron chi connectivity index (χ3n) is 7.17. The number of nitrogens with zero attached hydrogens (tertiary/aromatic N) is 6. The molecular weight excluding hydrogens is 615 g/mol. The van der Waals surface area contributed by atoms with Crippen LogP contribution in [0, 0.1) is 6.92 Å². The Bertz CT molecular complexity index is 1800. The lowest BCUT2D eigenvalue weighted by molar-refractivity contribution is -0.137. The number of aromatic nitrogens is 4. The van der Waals surface area contributed by atoms with E-state index in [2.05, 4.69) is 15.3 Å². The van der Waals surface area contributed by atoms with Gasteiger partial charge in [0.25, 0.3) is 0 Å². The molecule has 14 heteroatoms. The summed E-state index contributed by atoms with van der Waals surface area (Å²) in [5.74, 6) is 0.708. The Morgan fingerprint density at radius 2 is 1.53 bits per heavy atom. The van der Waals surface area contributed by atoms with E-state index in [4.69, 9.17) is 14.5 Å². The smallest absolute Gasteiger partial charge is 0.418 e. The van der Waals surface area contributed by atoms with Gasteiger partial charge in [-0.05, 0) is 90.9 Å². The Morgan fingerprint density at radius 1 is 0.851 bits per heavy atom. The van der Waals surface area contributed by atoms with Gasteiger partial charge in [0.1, 0.15) is 28.4 Å². The largest absolute Gasteiger partial charge is 0.444 e. The Kier molecular flexibility index (Phi) is 8.82. The highest BCUT2D eigenvalue weighted by Crippen LogP contribution is 2.39. The minimum absolute atomic E-state index is 0.0302. The monoisotopic (exact) mass is 653 g/mol. The second-order valence-corrected chi connectivity index (χ2v) is 13.2. The van der Waals surface area contributed by atoms with Gasteiger partial charge in [0.15, 0.2) is 5.65 Å². The molecule has 0 bridgehead atoms. The fourth-order valence-corrected chi connectivity index (χ4v) is 5.23. The van der Waals surface area contributed by atoms with Crippen LogP contribution in [-0.2, 0) is 15.7 Å². The van der Waals surface area contributed by atoms with Gasteiger partial charge in [-0.1, -0.05) is 0 Å². The maximum atomic E-state index is 14.5. The summed E-state index contributed by atoms with van der Waals surface area (Å²) in [7, 11) is 0. The number of halogens is 3. The van der Waals surface area contributed by atoms with Crippen LogP contribution in [0.5, 0.6) is 0 Å². The highest BCUT2D eigenvalue weighted by atomic mass is 19.4. The van der Waals surface area contributed by atoms with Crippen LogP contribution in [0.4, 0.5) is 34.3 Å². The van der Waals surface area contributed by atoms with Gasteiger partial charge in [-0.2, -0.15) is 13.2 Å². The molecule has 0 saturated carbocycles. The van der Waals surface area contributed by atoms with Crippen molar-refractivity contribution in [1.82, 2.24) is 24.4 Å². The summed E-state index contributed by atoms with van der Waals surface area (Å²) >= 11 is 0. The molecule has 0 radical (unpaired) electrons. The molecule has 0 aliphatic carbocycles. The number of amides is 2. The predicted molar refractivity (Wildman–Crippen MR) is 172 cm³/mol. The van der Waals surface area contributed by atoms with Crippen molar-refractivity contribution in [3.8, 4) is 16.9 Å². The number of piperazine rings is 1. The molecule has 4 aromatic rings. The number of alkyl halides is 3. The molecule has 2 amide bonds. The van der Waals surface area contributed by atoms with Crippen LogP contribution in [0.25, 0.3) is 28.1 Å². The van der Waals surface area contributed by atoms with E-state index in [0.29, 0.717) is 28.2 Å². The zero-order valence-electron chi connectivity index (χ0n) is 27.4. The van der Waals surface area contributed by atoms with Crippen molar-refractivity contribution in [2.75, 3.05) is 36.4 Å². The number of nitrogens with one attached hydrogen (secondary N) is 1. The molecular formula is C33H38F3N7O4. The number of aryl methyl sites for hydroxylation is 1. The summed E-state index contributed by atoms with van der Waals surface area (Å²) < 4.78 is 55.9. The molecule has 3 aromatic heterocycles. The molecule has 4 heterocycles. The number of hydrogen-bond donors (Lipinski definition) is 1. The predicted octanol–water partition coefficient (Wildman–Crippen LogP) is 7.21. The van der Waals surface area contributed by atoms with Gasteiger partial charge < -0.3 is 19.3 Å². The zero-order chi connectivity index (χ0) is 34.3. The molecule has 1 aliphatic rings. The van der Waals surface area contributed by atoms with Crippen molar-refractivity contribution in [2.45, 2.75) is 65.8 Å². The molecule has 1 aromatic carbocycles. The van der Waals surface area contributed by atoms with Gasteiger partial charge >= 0.3 is 18.4 Å². The molecule has 0 unspecified atom stereocenters. The molecule has 0 spiro atoms. The van der Waals surface area contributed by atoms with Gasteiger partial charge in [0.05, 0.1) is 11.3 Å². The van der Waals surface area contributed by atoms with Crippen molar-refractivity contribution in [3.63, 3.8) is 0 Å². The van der Waals surface area contributed by atoms with E-state index in [-0.39, 0.29) is 43.4 Å². The zero-order valence-corrected chi connectivity index (χ0v) is 27.4. The number of pyridine rings is 2. The Balaban J connectivity index is 1.44. The lowest BCUT2D eigenvalue weighted by Gasteiger charge is -2.37. The lowest BCUT2D eigenvalue weighted by Crippen LogP contribution is -2.50. The van der Waals surface area contributed by atoms with Gasteiger partial charge in [-0.25, -0.2) is 24.5 Å². The average Bonchev–Trinajstić information content (AvgIpc) is 3.29. The molecule has 1 aliphatic heterocycles. The van der Waals surface area contributed by atoms with Gasteiger partial charge in [-0.15, -0.1) is 0 Å². The van der Waals surface area contributed by atoms with Crippen molar-refractivity contribution in [2.24, 2.45) is 0 Å². The van der Waals surface area contributed by atoms with Crippen LogP contribution >= 0.6 is 0 Å². The SMILES string of the molecule is Cc1nc2ccc(-c3ccnc(NC(=O)OC(C)(C)C)c3)nc2n1-c1ccc(N2CCN(C(=O)OC(C)(C)C)CC2)c(C(F)(F)F)c1. The molecule has 5 rings (SSSR count). The second-order valence-electron chi connectivity index (χ2n) is 13.2. The molecule has 1 saturated heterocycles. The van der Waals surface area contributed by atoms with Crippen LogP contribution in [0.3, 0.4) is 0 Å². The molecule has 47 heavy (non-hydrogen) atoms. The number of ether oxygens (including phenoxy) is 2. The van der Waals surface area contributed by atoms with Crippen LogP contribution in [0.1, 0.15) is 52.9 Å². The van der Waals surface area contributed by atoms with Gasteiger partial charge in [0, 0.05) is 49.3 Å². The van der Waals surface area contributed by atoms with Crippen LogP contribution in [0.15, 0.2) is 48.7 Å². The summed E-state index contributed by atoms with van der Waals surface area (Å²) in [5, 5.41) is 2.60. The summed E-state index contributed by atoms with van der Waals surface area (Å²) in [5.41, 5.74) is 0.116. The first kappa shape index (κ1) is 33.5. The first-order valence-electron chi connectivity index (χ1n) is 15.1. The van der Waals surface area contributed by atoms with E-state index in [0.717, 1.165) is 6.07 Å². The maximum Gasteiger partial charge on any atom is 0.418 e.